The second kappa shape index (κ2) is 6.54. The van der Waals surface area contributed by atoms with Crippen LogP contribution in [-0.2, 0) is 14.4 Å². The summed E-state index contributed by atoms with van der Waals surface area (Å²) in [7, 11) is 0. The van der Waals surface area contributed by atoms with E-state index in [1.54, 1.807) is 0 Å². The summed E-state index contributed by atoms with van der Waals surface area (Å²) < 4.78 is 0. The van der Waals surface area contributed by atoms with E-state index >= 15 is 0 Å². The van der Waals surface area contributed by atoms with Crippen molar-refractivity contribution in [3.8, 4) is 0 Å². The molecule has 3 N–H and O–H groups in total. The van der Waals surface area contributed by atoms with Crippen LogP contribution in [0.25, 0.3) is 0 Å². The molecule has 0 aromatic carbocycles. The third-order valence-electron chi connectivity index (χ3n) is 3.91. The molecule has 0 spiro atoms. The monoisotopic (exact) mass is 271 g/mol. The van der Waals surface area contributed by atoms with Gasteiger partial charge in [0.15, 0.2) is 0 Å². The molecule has 0 bridgehead atoms. The lowest BCUT2D eigenvalue weighted by molar-refractivity contribution is -0.151. The molecule has 1 aliphatic rings. The fraction of sp³-hybridized carbons (Fsp3) is 0.769. The Morgan fingerprint density at radius 1 is 1.16 bits per heavy atom. The van der Waals surface area contributed by atoms with Crippen LogP contribution in [0.2, 0.25) is 0 Å². The quantitative estimate of drug-likeness (QED) is 0.667. The van der Waals surface area contributed by atoms with Gasteiger partial charge in [-0.2, -0.15) is 0 Å². The lowest BCUT2D eigenvalue weighted by Gasteiger charge is -2.20. The van der Waals surface area contributed by atoms with Gasteiger partial charge in [0.05, 0.1) is 17.8 Å². The molecule has 1 rings (SSSR count). The maximum atomic E-state index is 12.1. The summed E-state index contributed by atoms with van der Waals surface area (Å²) in [4.78, 5) is 34.3. The molecule has 3 atom stereocenters. The summed E-state index contributed by atoms with van der Waals surface area (Å²) >= 11 is 0. The highest BCUT2D eigenvalue weighted by atomic mass is 16.4. The van der Waals surface area contributed by atoms with Crippen LogP contribution in [0.1, 0.15) is 33.1 Å². The van der Waals surface area contributed by atoms with Crippen molar-refractivity contribution in [1.29, 1.82) is 0 Å². The predicted octanol–water partition coefficient (Wildman–Crippen LogP) is 0.960. The molecule has 1 amide bonds. The maximum absolute atomic E-state index is 12.1. The average Bonchev–Trinajstić information content (AvgIpc) is 2.80. The lowest BCUT2D eigenvalue weighted by atomic mass is 9.88. The Morgan fingerprint density at radius 3 is 2.00 bits per heavy atom. The molecule has 0 heterocycles. The summed E-state index contributed by atoms with van der Waals surface area (Å²) in [5.74, 6) is -5.08. The maximum Gasteiger partial charge on any atom is 0.307 e. The standard InChI is InChI=1S/C13H21NO5/c1-3-7(2)6-14-11(15)10-8(12(16)17)4-5-9(10)13(18)19/h7-10H,3-6H2,1-2H3,(H,14,15)(H,16,17)(H,18,19). The van der Waals surface area contributed by atoms with E-state index in [9.17, 15) is 14.4 Å². The molecule has 0 aliphatic heterocycles. The van der Waals surface area contributed by atoms with Crippen molar-refractivity contribution in [3.05, 3.63) is 0 Å². The fourth-order valence-electron chi connectivity index (χ4n) is 2.46. The van der Waals surface area contributed by atoms with Gasteiger partial charge in [-0.25, -0.2) is 0 Å². The van der Waals surface area contributed by atoms with E-state index < -0.39 is 35.6 Å². The molecular weight excluding hydrogens is 250 g/mol. The van der Waals surface area contributed by atoms with Crippen molar-refractivity contribution >= 4 is 17.8 Å². The smallest absolute Gasteiger partial charge is 0.307 e. The van der Waals surface area contributed by atoms with Crippen LogP contribution in [0, 0.1) is 23.7 Å². The number of carboxylic acid groups (broad SMARTS) is 2. The normalized spacial score (nSPS) is 27.8. The number of nitrogens with one attached hydrogen (secondary N) is 1. The van der Waals surface area contributed by atoms with Crippen molar-refractivity contribution in [1.82, 2.24) is 5.32 Å². The molecule has 19 heavy (non-hydrogen) atoms. The highest BCUT2D eigenvalue weighted by molar-refractivity contribution is 5.90. The van der Waals surface area contributed by atoms with Gasteiger partial charge in [0.1, 0.15) is 0 Å². The first-order valence-corrected chi connectivity index (χ1v) is 6.61. The number of amides is 1. The number of carboxylic acids is 2. The number of carbonyl (C=O) groups excluding carboxylic acids is 1. The molecule has 108 valence electrons. The van der Waals surface area contributed by atoms with Gasteiger partial charge >= 0.3 is 11.9 Å². The Morgan fingerprint density at radius 2 is 1.63 bits per heavy atom. The van der Waals surface area contributed by atoms with E-state index in [-0.39, 0.29) is 18.8 Å². The van der Waals surface area contributed by atoms with E-state index in [0.717, 1.165) is 6.42 Å². The summed E-state index contributed by atoms with van der Waals surface area (Å²) in [5, 5.41) is 20.8. The largest absolute Gasteiger partial charge is 0.481 e. The van der Waals surface area contributed by atoms with Crippen molar-refractivity contribution < 1.29 is 24.6 Å². The molecule has 0 radical (unpaired) electrons. The van der Waals surface area contributed by atoms with Gasteiger partial charge in [-0.3, -0.25) is 14.4 Å². The van der Waals surface area contributed by atoms with Gasteiger partial charge in [0.2, 0.25) is 5.91 Å². The fourth-order valence-corrected chi connectivity index (χ4v) is 2.46. The zero-order chi connectivity index (χ0) is 14.6. The van der Waals surface area contributed by atoms with Crippen LogP contribution in [0.15, 0.2) is 0 Å². The van der Waals surface area contributed by atoms with Gasteiger partial charge in [-0.15, -0.1) is 0 Å². The third-order valence-corrected chi connectivity index (χ3v) is 3.91. The first-order chi connectivity index (χ1) is 8.88. The molecule has 0 saturated heterocycles. The van der Waals surface area contributed by atoms with E-state index in [1.165, 1.54) is 0 Å². The molecule has 6 nitrogen and oxygen atoms in total. The van der Waals surface area contributed by atoms with E-state index in [1.807, 2.05) is 13.8 Å². The van der Waals surface area contributed by atoms with Gasteiger partial charge in [0.25, 0.3) is 0 Å². The Labute approximate surface area is 112 Å². The Balaban J connectivity index is 2.75. The molecule has 6 heteroatoms. The second-order valence-electron chi connectivity index (χ2n) is 5.25. The van der Waals surface area contributed by atoms with Crippen LogP contribution in [-0.4, -0.2) is 34.6 Å². The topological polar surface area (TPSA) is 104 Å². The van der Waals surface area contributed by atoms with Crippen molar-refractivity contribution in [2.45, 2.75) is 33.1 Å². The molecule has 1 saturated carbocycles. The SMILES string of the molecule is CCC(C)CNC(=O)C1C(C(=O)O)CCC1C(=O)O. The minimum absolute atomic E-state index is 0.244. The van der Waals surface area contributed by atoms with Crippen LogP contribution in [0.5, 0.6) is 0 Å². The van der Waals surface area contributed by atoms with E-state index in [2.05, 4.69) is 5.32 Å². The van der Waals surface area contributed by atoms with Crippen LogP contribution < -0.4 is 5.32 Å². The number of rotatable bonds is 6. The first kappa shape index (κ1) is 15.5. The van der Waals surface area contributed by atoms with E-state index in [4.69, 9.17) is 10.2 Å². The lowest BCUT2D eigenvalue weighted by Crippen LogP contribution is -2.41. The minimum atomic E-state index is -1.09. The number of aliphatic carboxylic acids is 2. The van der Waals surface area contributed by atoms with Crippen molar-refractivity contribution in [3.63, 3.8) is 0 Å². The Hall–Kier alpha value is -1.59. The first-order valence-electron chi connectivity index (χ1n) is 6.61. The Kier molecular flexibility index (Phi) is 5.32. The van der Waals surface area contributed by atoms with Crippen molar-refractivity contribution in [2.75, 3.05) is 6.54 Å². The number of carbonyl (C=O) groups is 3. The zero-order valence-corrected chi connectivity index (χ0v) is 11.3. The van der Waals surface area contributed by atoms with Crippen LogP contribution >= 0.6 is 0 Å². The summed E-state index contributed by atoms with van der Waals surface area (Å²) in [6.07, 6.45) is 1.39. The zero-order valence-electron chi connectivity index (χ0n) is 11.3. The molecule has 0 aromatic rings. The second-order valence-corrected chi connectivity index (χ2v) is 5.25. The van der Waals surface area contributed by atoms with Gasteiger partial charge in [-0.1, -0.05) is 20.3 Å². The molecule has 1 fully saturated rings. The summed E-state index contributed by atoms with van der Waals surface area (Å²) in [5.41, 5.74) is 0. The van der Waals surface area contributed by atoms with E-state index in [0.29, 0.717) is 6.54 Å². The number of hydrogen-bond acceptors (Lipinski definition) is 3. The predicted molar refractivity (Wildman–Crippen MR) is 67.4 cm³/mol. The van der Waals surface area contributed by atoms with Crippen LogP contribution in [0.3, 0.4) is 0 Å². The number of hydrogen-bond donors (Lipinski definition) is 3. The van der Waals surface area contributed by atoms with Crippen LogP contribution in [0.4, 0.5) is 0 Å². The average molecular weight is 271 g/mol. The molecular formula is C13H21NO5. The molecule has 0 aromatic heterocycles. The molecule has 3 unspecified atom stereocenters. The third kappa shape index (κ3) is 3.68. The Bertz CT molecular complexity index is 346. The van der Waals surface area contributed by atoms with Gasteiger partial charge < -0.3 is 15.5 Å². The van der Waals surface area contributed by atoms with Crippen molar-refractivity contribution in [2.24, 2.45) is 23.7 Å². The van der Waals surface area contributed by atoms with Gasteiger partial charge in [-0.05, 0) is 18.8 Å². The molecule has 1 aliphatic carbocycles. The minimum Gasteiger partial charge on any atom is -0.481 e. The highest BCUT2D eigenvalue weighted by Gasteiger charge is 2.47. The summed E-state index contributed by atoms with van der Waals surface area (Å²) in [6.45, 7) is 4.41. The summed E-state index contributed by atoms with van der Waals surface area (Å²) in [6, 6.07) is 0. The highest BCUT2D eigenvalue weighted by Crippen LogP contribution is 2.37. The van der Waals surface area contributed by atoms with Gasteiger partial charge in [0, 0.05) is 6.54 Å².